The number of hydrogen-bond acceptors (Lipinski definition) is 4. The summed E-state index contributed by atoms with van der Waals surface area (Å²) in [4.78, 5) is 11.6. The van der Waals surface area contributed by atoms with Crippen molar-refractivity contribution in [2.45, 2.75) is 32.0 Å². The molecule has 1 aromatic rings. The maximum Gasteiger partial charge on any atom is 0.265 e. The summed E-state index contributed by atoms with van der Waals surface area (Å²) in [5.74, 6) is 0.663. The summed E-state index contributed by atoms with van der Waals surface area (Å²) in [5, 5.41) is 9.71. The van der Waals surface area contributed by atoms with Gasteiger partial charge in [0.1, 0.15) is 5.75 Å². The van der Waals surface area contributed by atoms with Crippen LogP contribution in [0.2, 0.25) is 0 Å². The molecule has 2 atom stereocenters. The van der Waals surface area contributed by atoms with Crippen LogP contribution in [0.15, 0.2) is 18.2 Å². The molecule has 0 radical (unpaired) electrons. The fraction of sp³-hybridized carbons (Fsp3) is 0.500. The highest BCUT2D eigenvalue weighted by Crippen LogP contribution is 2.30. The van der Waals surface area contributed by atoms with Crippen LogP contribution in [0.5, 0.6) is 5.75 Å². The summed E-state index contributed by atoms with van der Waals surface area (Å²) in [5.41, 5.74) is 1.93. The Morgan fingerprint density at radius 1 is 1.47 bits per heavy atom. The lowest BCUT2D eigenvalue weighted by Gasteiger charge is -2.24. The van der Waals surface area contributed by atoms with Crippen molar-refractivity contribution in [3.05, 3.63) is 23.8 Å². The predicted octanol–water partition coefficient (Wildman–Crippen LogP) is 0.857. The molecule has 1 fully saturated rings. The minimum absolute atomic E-state index is 0.0856. The molecule has 102 valence electrons. The topological polar surface area (TPSA) is 62.4 Å². The summed E-state index contributed by atoms with van der Waals surface area (Å²) < 4.78 is 5.53. The Balaban J connectivity index is 1.67. The number of fused-ring (bicyclic) bond motifs is 1. The second-order valence-electron chi connectivity index (χ2n) is 5.15. The highest BCUT2D eigenvalue weighted by atomic mass is 16.5. The van der Waals surface area contributed by atoms with E-state index in [1.54, 1.807) is 6.92 Å². The molecule has 1 aromatic carbocycles. The zero-order chi connectivity index (χ0) is 13.2. The fourth-order valence-electron chi connectivity index (χ4n) is 2.46. The van der Waals surface area contributed by atoms with Gasteiger partial charge in [-0.25, -0.2) is 0 Å². The molecule has 19 heavy (non-hydrogen) atoms. The van der Waals surface area contributed by atoms with Crippen LogP contribution in [0.1, 0.15) is 18.9 Å². The van der Waals surface area contributed by atoms with Gasteiger partial charge >= 0.3 is 0 Å². The summed E-state index contributed by atoms with van der Waals surface area (Å²) in [6, 6.07) is 6.49. The van der Waals surface area contributed by atoms with Gasteiger partial charge < -0.3 is 20.7 Å². The van der Waals surface area contributed by atoms with Crippen LogP contribution in [0.25, 0.3) is 0 Å². The summed E-state index contributed by atoms with van der Waals surface area (Å²) >= 11 is 0. The summed E-state index contributed by atoms with van der Waals surface area (Å²) in [7, 11) is 0. The molecule has 3 rings (SSSR count). The van der Waals surface area contributed by atoms with Crippen molar-refractivity contribution in [3.8, 4) is 5.75 Å². The first-order valence-electron chi connectivity index (χ1n) is 6.77. The SMILES string of the molecule is CC1Oc2ccc(CNC3CCNC3)cc2NC1=O. The lowest BCUT2D eigenvalue weighted by Crippen LogP contribution is -2.34. The third-order valence-electron chi connectivity index (χ3n) is 3.63. The van der Waals surface area contributed by atoms with Gasteiger partial charge in [-0.15, -0.1) is 0 Å². The quantitative estimate of drug-likeness (QED) is 0.755. The molecule has 2 aliphatic heterocycles. The van der Waals surface area contributed by atoms with E-state index in [4.69, 9.17) is 4.74 Å². The van der Waals surface area contributed by atoms with Gasteiger partial charge in [0, 0.05) is 19.1 Å². The monoisotopic (exact) mass is 261 g/mol. The van der Waals surface area contributed by atoms with Gasteiger partial charge in [-0.2, -0.15) is 0 Å². The number of benzene rings is 1. The molecular formula is C14H19N3O2. The number of hydrogen-bond donors (Lipinski definition) is 3. The molecule has 0 spiro atoms. The van der Waals surface area contributed by atoms with E-state index in [-0.39, 0.29) is 5.91 Å². The molecule has 0 aliphatic carbocycles. The van der Waals surface area contributed by atoms with Crippen molar-refractivity contribution < 1.29 is 9.53 Å². The number of anilines is 1. The molecule has 1 amide bonds. The second kappa shape index (κ2) is 5.19. The third-order valence-corrected chi connectivity index (χ3v) is 3.63. The number of carbonyl (C=O) groups excluding carboxylic acids is 1. The van der Waals surface area contributed by atoms with E-state index in [1.165, 1.54) is 6.42 Å². The first kappa shape index (κ1) is 12.4. The number of nitrogens with one attached hydrogen (secondary N) is 3. The first-order chi connectivity index (χ1) is 9.22. The van der Waals surface area contributed by atoms with Crippen molar-refractivity contribution in [2.24, 2.45) is 0 Å². The van der Waals surface area contributed by atoms with Crippen LogP contribution in [-0.2, 0) is 11.3 Å². The number of carbonyl (C=O) groups is 1. The lowest BCUT2D eigenvalue weighted by molar-refractivity contribution is -0.122. The summed E-state index contributed by atoms with van der Waals surface area (Å²) in [6.07, 6.45) is 0.753. The molecule has 2 unspecified atom stereocenters. The number of ether oxygens (including phenoxy) is 1. The maximum absolute atomic E-state index is 11.6. The zero-order valence-corrected chi connectivity index (χ0v) is 11.0. The van der Waals surface area contributed by atoms with Gasteiger partial charge in [-0.3, -0.25) is 4.79 Å². The van der Waals surface area contributed by atoms with Gasteiger partial charge in [0.05, 0.1) is 5.69 Å². The van der Waals surface area contributed by atoms with E-state index in [9.17, 15) is 4.79 Å². The fourth-order valence-corrected chi connectivity index (χ4v) is 2.46. The molecule has 5 nitrogen and oxygen atoms in total. The van der Waals surface area contributed by atoms with Crippen molar-refractivity contribution in [3.63, 3.8) is 0 Å². The van der Waals surface area contributed by atoms with Crippen molar-refractivity contribution in [1.29, 1.82) is 0 Å². The average Bonchev–Trinajstić information content (AvgIpc) is 2.91. The molecule has 5 heteroatoms. The smallest absolute Gasteiger partial charge is 0.265 e. The van der Waals surface area contributed by atoms with Crippen LogP contribution in [0.3, 0.4) is 0 Å². The number of rotatable bonds is 3. The Kier molecular flexibility index (Phi) is 3.40. The van der Waals surface area contributed by atoms with Crippen molar-refractivity contribution in [2.75, 3.05) is 18.4 Å². The maximum atomic E-state index is 11.6. The molecule has 1 saturated heterocycles. The normalized spacial score (nSPS) is 25.6. The van der Waals surface area contributed by atoms with E-state index in [0.29, 0.717) is 6.04 Å². The highest BCUT2D eigenvalue weighted by molar-refractivity contribution is 5.97. The molecular weight excluding hydrogens is 242 g/mol. The minimum atomic E-state index is -0.416. The third kappa shape index (κ3) is 2.72. The van der Waals surface area contributed by atoms with Crippen LogP contribution >= 0.6 is 0 Å². The Morgan fingerprint density at radius 2 is 2.37 bits per heavy atom. The van der Waals surface area contributed by atoms with Gasteiger partial charge in [0.15, 0.2) is 6.10 Å². The average molecular weight is 261 g/mol. The van der Waals surface area contributed by atoms with Gasteiger partial charge in [-0.1, -0.05) is 6.07 Å². The molecule has 2 heterocycles. The Bertz CT molecular complexity index is 484. The van der Waals surface area contributed by atoms with Crippen molar-refractivity contribution in [1.82, 2.24) is 10.6 Å². The van der Waals surface area contributed by atoms with E-state index in [0.717, 1.165) is 36.6 Å². The largest absolute Gasteiger partial charge is 0.479 e. The zero-order valence-electron chi connectivity index (χ0n) is 11.0. The molecule has 3 N–H and O–H groups in total. The van der Waals surface area contributed by atoms with Crippen LogP contribution < -0.4 is 20.7 Å². The molecule has 0 bridgehead atoms. The van der Waals surface area contributed by atoms with Crippen LogP contribution in [0, 0.1) is 0 Å². The standard InChI is InChI=1S/C14H19N3O2/c1-9-14(18)17-12-6-10(2-3-13(12)19-9)7-16-11-4-5-15-8-11/h2-3,6,9,11,15-16H,4-5,7-8H2,1H3,(H,17,18). The highest BCUT2D eigenvalue weighted by Gasteiger charge is 2.23. The van der Waals surface area contributed by atoms with E-state index in [2.05, 4.69) is 16.0 Å². The molecule has 0 aromatic heterocycles. The van der Waals surface area contributed by atoms with Gasteiger partial charge in [-0.05, 0) is 37.6 Å². The van der Waals surface area contributed by atoms with E-state index in [1.807, 2.05) is 18.2 Å². The van der Waals surface area contributed by atoms with Gasteiger partial charge in [0.2, 0.25) is 0 Å². The minimum Gasteiger partial charge on any atom is -0.479 e. The Morgan fingerprint density at radius 3 is 3.16 bits per heavy atom. The first-order valence-corrected chi connectivity index (χ1v) is 6.77. The predicted molar refractivity (Wildman–Crippen MR) is 73.3 cm³/mol. The Labute approximate surface area is 112 Å². The van der Waals surface area contributed by atoms with Crippen LogP contribution in [-0.4, -0.2) is 31.1 Å². The Hall–Kier alpha value is -1.59. The van der Waals surface area contributed by atoms with E-state index < -0.39 is 6.10 Å². The van der Waals surface area contributed by atoms with Crippen LogP contribution in [0.4, 0.5) is 5.69 Å². The van der Waals surface area contributed by atoms with Gasteiger partial charge in [0.25, 0.3) is 5.91 Å². The second-order valence-corrected chi connectivity index (χ2v) is 5.15. The van der Waals surface area contributed by atoms with E-state index >= 15 is 0 Å². The molecule has 2 aliphatic rings. The number of amides is 1. The lowest BCUT2D eigenvalue weighted by atomic mass is 10.1. The molecule has 0 saturated carbocycles. The van der Waals surface area contributed by atoms with Crippen molar-refractivity contribution >= 4 is 11.6 Å². The summed E-state index contributed by atoms with van der Waals surface area (Å²) in [6.45, 7) is 4.68.